The van der Waals surface area contributed by atoms with Crippen molar-refractivity contribution in [3.05, 3.63) is 71.8 Å². The van der Waals surface area contributed by atoms with Crippen molar-refractivity contribution in [2.75, 3.05) is 13.7 Å². The van der Waals surface area contributed by atoms with E-state index in [0.29, 0.717) is 6.04 Å². The van der Waals surface area contributed by atoms with E-state index >= 15 is 0 Å². The zero-order valence-corrected chi connectivity index (χ0v) is 12.0. The van der Waals surface area contributed by atoms with Crippen LogP contribution in [0.4, 0.5) is 0 Å². The third-order valence-corrected chi connectivity index (χ3v) is 3.25. The van der Waals surface area contributed by atoms with E-state index in [1.165, 1.54) is 11.1 Å². The van der Waals surface area contributed by atoms with Crippen LogP contribution >= 0.6 is 0 Å². The summed E-state index contributed by atoms with van der Waals surface area (Å²) < 4.78 is 5.25. The largest absolute Gasteiger partial charge is 0.497 e. The molecule has 0 amide bonds. The SMILES string of the molecule is COc1cccc(C(C)NCC=Cc2ccccc2)c1. The van der Waals surface area contributed by atoms with Crippen LogP contribution < -0.4 is 10.1 Å². The van der Waals surface area contributed by atoms with Gasteiger partial charge in [0.05, 0.1) is 7.11 Å². The van der Waals surface area contributed by atoms with Crippen LogP contribution in [0, 0.1) is 0 Å². The highest BCUT2D eigenvalue weighted by molar-refractivity contribution is 5.48. The van der Waals surface area contributed by atoms with Crippen LogP contribution in [0.25, 0.3) is 6.08 Å². The Morgan fingerprint density at radius 3 is 2.65 bits per heavy atom. The zero-order valence-electron chi connectivity index (χ0n) is 12.0. The molecule has 0 aliphatic heterocycles. The van der Waals surface area contributed by atoms with Crippen LogP contribution in [-0.4, -0.2) is 13.7 Å². The predicted molar refractivity (Wildman–Crippen MR) is 84.9 cm³/mol. The van der Waals surface area contributed by atoms with Gasteiger partial charge in [-0.1, -0.05) is 54.6 Å². The minimum Gasteiger partial charge on any atom is -0.497 e. The molecule has 0 heterocycles. The van der Waals surface area contributed by atoms with E-state index in [1.807, 2.05) is 30.3 Å². The maximum Gasteiger partial charge on any atom is 0.119 e. The van der Waals surface area contributed by atoms with Crippen molar-refractivity contribution in [2.24, 2.45) is 0 Å². The molecular formula is C18H21NO. The first-order valence-corrected chi connectivity index (χ1v) is 6.88. The smallest absolute Gasteiger partial charge is 0.119 e. The summed E-state index contributed by atoms with van der Waals surface area (Å²) in [5.41, 5.74) is 2.46. The number of methoxy groups -OCH3 is 1. The molecule has 0 saturated carbocycles. The molecule has 1 atom stereocenters. The minimum atomic E-state index is 0.297. The monoisotopic (exact) mass is 267 g/mol. The van der Waals surface area contributed by atoms with E-state index in [9.17, 15) is 0 Å². The fourth-order valence-electron chi connectivity index (χ4n) is 2.03. The summed E-state index contributed by atoms with van der Waals surface area (Å²) in [7, 11) is 1.69. The lowest BCUT2D eigenvalue weighted by Gasteiger charge is -2.13. The molecule has 2 rings (SSSR count). The van der Waals surface area contributed by atoms with Gasteiger partial charge in [-0.2, -0.15) is 0 Å². The summed E-state index contributed by atoms with van der Waals surface area (Å²) in [6.07, 6.45) is 4.28. The fourth-order valence-corrected chi connectivity index (χ4v) is 2.03. The Kier molecular flexibility index (Phi) is 5.39. The van der Waals surface area contributed by atoms with Gasteiger partial charge in [0.15, 0.2) is 0 Å². The number of hydrogen-bond donors (Lipinski definition) is 1. The van der Waals surface area contributed by atoms with E-state index in [0.717, 1.165) is 12.3 Å². The summed E-state index contributed by atoms with van der Waals surface area (Å²) in [5.74, 6) is 0.899. The zero-order chi connectivity index (χ0) is 14.2. The normalized spacial score (nSPS) is 12.5. The lowest BCUT2D eigenvalue weighted by Crippen LogP contribution is -2.18. The third-order valence-electron chi connectivity index (χ3n) is 3.25. The number of rotatable bonds is 6. The van der Waals surface area contributed by atoms with Crippen LogP contribution in [0.15, 0.2) is 60.7 Å². The average Bonchev–Trinajstić information content (AvgIpc) is 2.52. The molecule has 2 aromatic carbocycles. The summed E-state index contributed by atoms with van der Waals surface area (Å²) in [6.45, 7) is 3.00. The van der Waals surface area contributed by atoms with Gasteiger partial charge in [-0.05, 0) is 30.2 Å². The number of ether oxygens (including phenoxy) is 1. The quantitative estimate of drug-likeness (QED) is 0.852. The molecule has 1 N–H and O–H groups in total. The van der Waals surface area contributed by atoms with E-state index in [1.54, 1.807) is 7.11 Å². The highest BCUT2D eigenvalue weighted by atomic mass is 16.5. The molecule has 0 radical (unpaired) electrons. The van der Waals surface area contributed by atoms with Gasteiger partial charge in [0, 0.05) is 12.6 Å². The first kappa shape index (κ1) is 14.4. The molecule has 2 aromatic rings. The standard InChI is InChI=1S/C18H21NO/c1-15(17-11-6-12-18(14-17)20-2)19-13-7-10-16-8-4-3-5-9-16/h3-12,14-15,19H,13H2,1-2H3. The molecule has 0 aliphatic rings. The fraction of sp³-hybridized carbons (Fsp3) is 0.222. The van der Waals surface area contributed by atoms with Gasteiger partial charge >= 0.3 is 0 Å². The Hall–Kier alpha value is -2.06. The van der Waals surface area contributed by atoms with Crippen LogP contribution in [0.5, 0.6) is 5.75 Å². The lowest BCUT2D eigenvalue weighted by atomic mass is 10.1. The second-order valence-electron chi connectivity index (χ2n) is 4.72. The molecule has 0 saturated heterocycles. The molecule has 104 valence electrons. The molecule has 1 unspecified atom stereocenters. The maximum atomic E-state index is 5.25. The second-order valence-corrected chi connectivity index (χ2v) is 4.72. The Labute approximate surface area is 121 Å². The average molecular weight is 267 g/mol. The molecule has 0 aliphatic carbocycles. The first-order chi connectivity index (χ1) is 9.79. The maximum absolute atomic E-state index is 5.25. The molecule has 2 heteroatoms. The molecule has 0 spiro atoms. The highest BCUT2D eigenvalue weighted by Gasteiger charge is 2.04. The molecule has 20 heavy (non-hydrogen) atoms. The van der Waals surface area contributed by atoms with Gasteiger partial charge < -0.3 is 10.1 Å². The van der Waals surface area contributed by atoms with E-state index < -0.39 is 0 Å². The first-order valence-electron chi connectivity index (χ1n) is 6.88. The summed E-state index contributed by atoms with van der Waals surface area (Å²) in [6, 6.07) is 18.8. The summed E-state index contributed by atoms with van der Waals surface area (Å²) in [5, 5.41) is 3.48. The van der Waals surface area contributed by atoms with Gasteiger partial charge in [-0.15, -0.1) is 0 Å². The van der Waals surface area contributed by atoms with Crippen molar-refractivity contribution in [1.29, 1.82) is 0 Å². The predicted octanol–water partition coefficient (Wildman–Crippen LogP) is 4.06. The van der Waals surface area contributed by atoms with Crippen LogP contribution in [0.2, 0.25) is 0 Å². The van der Waals surface area contributed by atoms with Crippen molar-refractivity contribution < 1.29 is 4.74 Å². The minimum absolute atomic E-state index is 0.297. The number of benzene rings is 2. The molecule has 0 fully saturated rings. The summed E-state index contributed by atoms with van der Waals surface area (Å²) >= 11 is 0. The number of nitrogens with one attached hydrogen (secondary N) is 1. The topological polar surface area (TPSA) is 21.3 Å². The Bertz CT molecular complexity index is 548. The summed E-state index contributed by atoms with van der Waals surface area (Å²) in [4.78, 5) is 0. The third kappa shape index (κ3) is 4.25. The van der Waals surface area contributed by atoms with Crippen LogP contribution in [-0.2, 0) is 0 Å². The van der Waals surface area contributed by atoms with Gasteiger partial charge in [-0.3, -0.25) is 0 Å². The number of hydrogen-bond acceptors (Lipinski definition) is 2. The lowest BCUT2D eigenvalue weighted by molar-refractivity contribution is 0.413. The Balaban J connectivity index is 1.85. The van der Waals surface area contributed by atoms with Crippen molar-refractivity contribution in [3.8, 4) is 5.75 Å². The second kappa shape index (κ2) is 7.51. The van der Waals surface area contributed by atoms with Crippen molar-refractivity contribution >= 4 is 6.08 Å². The highest BCUT2D eigenvalue weighted by Crippen LogP contribution is 2.18. The van der Waals surface area contributed by atoms with E-state index in [4.69, 9.17) is 4.74 Å². The van der Waals surface area contributed by atoms with Crippen molar-refractivity contribution in [1.82, 2.24) is 5.32 Å². The Morgan fingerprint density at radius 2 is 1.90 bits per heavy atom. The van der Waals surface area contributed by atoms with Gasteiger partial charge in [-0.25, -0.2) is 0 Å². The van der Waals surface area contributed by atoms with Crippen molar-refractivity contribution in [2.45, 2.75) is 13.0 Å². The van der Waals surface area contributed by atoms with Gasteiger partial charge in [0.1, 0.15) is 5.75 Å². The Morgan fingerprint density at radius 1 is 1.10 bits per heavy atom. The van der Waals surface area contributed by atoms with E-state index in [-0.39, 0.29) is 0 Å². The molecule has 2 nitrogen and oxygen atoms in total. The van der Waals surface area contributed by atoms with E-state index in [2.05, 4.69) is 48.7 Å². The van der Waals surface area contributed by atoms with Crippen molar-refractivity contribution in [3.63, 3.8) is 0 Å². The van der Waals surface area contributed by atoms with Crippen LogP contribution in [0.1, 0.15) is 24.1 Å². The van der Waals surface area contributed by atoms with Gasteiger partial charge in [0.25, 0.3) is 0 Å². The molecule has 0 aromatic heterocycles. The molecule has 0 bridgehead atoms. The molecular weight excluding hydrogens is 246 g/mol. The van der Waals surface area contributed by atoms with Gasteiger partial charge in [0.2, 0.25) is 0 Å². The van der Waals surface area contributed by atoms with Crippen LogP contribution in [0.3, 0.4) is 0 Å².